The first-order valence-corrected chi connectivity index (χ1v) is 8.35. The van der Waals surface area contributed by atoms with Gasteiger partial charge in [0.05, 0.1) is 19.1 Å². The lowest BCUT2D eigenvalue weighted by Crippen LogP contribution is -2.33. The highest BCUT2D eigenvalue weighted by molar-refractivity contribution is 7.12. The second-order valence-electron chi connectivity index (χ2n) is 4.94. The Kier molecular flexibility index (Phi) is 6.92. The molecule has 0 bridgehead atoms. The first-order valence-electron chi connectivity index (χ1n) is 7.47. The van der Waals surface area contributed by atoms with E-state index in [1.165, 1.54) is 37.7 Å². The zero-order valence-corrected chi connectivity index (χ0v) is 15.0. The number of methoxy groups -OCH3 is 2. The SMILES string of the molecule is COc1cc(/C=C/C(=O)OCC(=O)NC(=O)c2cccs2)cc(OC)c1. The molecule has 7 nitrogen and oxygen atoms in total. The molecular weight excluding hydrogens is 358 g/mol. The van der Waals surface area contributed by atoms with Crippen LogP contribution in [0.15, 0.2) is 41.8 Å². The Balaban J connectivity index is 1.85. The Morgan fingerprint density at radius 3 is 2.38 bits per heavy atom. The maximum absolute atomic E-state index is 11.7. The lowest BCUT2D eigenvalue weighted by Gasteiger charge is -2.06. The molecule has 0 aliphatic rings. The second-order valence-corrected chi connectivity index (χ2v) is 5.89. The molecule has 0 saturated carbocycles. The van der Waals surface area contributed by atoms with Crippen molar-refractivity contribution in [3.05, 3.63) is 52.2 Å². The molecule has 0 saturated heterocycles. The molecule has 8 heteroatoms. The Labute approximate surface area is 154 Å². The largest absolute Gasteiger partial charge is 0.497 e. The molecule has 136 valence electrons. The molecule has 0 aliphatic heterocycles. The minimum absolute atomic E-state index is 0.400. The van der Waals surface area contributed by atoms with Gasteiger partial charge in [0.25, 0.3) is 11.8 Å². The highest BCUT2D eigenvalue weighted by Crippen LogP contribution is 2.23. The summed E-state index contributed by atoms with van der Waals surface area (Å²) in [6.45, 7) is -0.554. The number of hydrogen-bond donors (Lipinski definition) is 1. The van der Waals surface area contributed by atoms with Crippen LogP contribution in [0.1, 0.15) is 15.2 Å². The number of imide groups is 1. The van der Waals surface area contributed by atoms with Gasteiger partial charge in [-0.05, 0) is 35.2 Å². The molecule has 0 spiro atoms. The topological polar surface area (TPSA) is 90.9 Å². The molecular formula is C18H17NO6S. The van der Waals surface area contributed by atoms with Crippen LogP contribution in [0, 0.1) is 0 Å². The van der Waals surface area contributed by atoms with E-state index >= 15 is 0 Å². The summed E-state index contributed by atoms with van der Waals surface area (Å²) in [5.41, 5.74) is 0.662. The third-order valence-electron chi connectivity index (χ3n) is 3.13. The lowest BCUT2D eigenvalue weighted by atomic mass is 10.2. The van der Waals surface area contributed by atoms with Crippen LogP contribution in [-0.2, 0) is 14.3 Å². The first kappa shape index (κ1) is 19.2. The average Bonchev–Trinajstić information content (AvgIpc) is 3.19. The summed E-state index contributed by atoms with van der Waals surface area (Å²) >= 11 is 1.21. The van der Waals surface area contributed by atoms with Crippen LogP contribution < -0.4 is 14.8 Å². The number of thiophene rings is 1. The minimum Gasteiger partial charge on any atom is -0.497 e. The minimum atomic E-state index is -0.717. The quantitative estimate of drug-likeness (QED) is 0.590. The van der Waals surface area contributed by atoms with E-state index in [2.05, 4.69) is 5.32 Å². The van der Waals surface area contributed by atoms with Gasteiger partial charge in [-0.3, -0.25) is 14.9 Å². The predicted molar refractivity (Wildman–Crippen MR) is 96.3 cm³/mol. The molecule has 2 aromatic rings. The van der Waals surface area contributed by atoms with Crippen LogP contribution in [0.2, 0.25) is 0 Å². The summed E-state index contributed by atoms with van der Waals surface area (Å²) in [6, 6.07) is 8.40. The van der Waals surface area contributed by atoms with Gasteiger partial charge in [0.1, 0.15) is 11.5 Å². The number of rotatable bonds is 7. The predicted octanol–water partition coefficient (Wildman–Crippen LogP) is 2.28. The van der Waals surface area contributed by atoms with Crippen molar-refractivity contribution in [2.75, 3.05) is 20.8 Å². The zero-order chi connectivity index (χ0) is 18.9. The molecule has 1 heterocycles. The van der Waals surface area contributed by atoms with E-state index in [0.29, 0.717) is 21.9 Å². The van der Waals surface area contributed by atoms with Gasteiger partial charge >= 0.3 is 5.97 Å². The Morgan fingerprint density at radius 1 is 1.12 bits per heavy atom. The monoisotopic (exact) mass is 375 g/mol. The maximum Gasteiger partial charge on any atom is 0.331 e. The van der Waals surface area contributed by atoms with Crippen molar-refractivity contribution >= 4 is 35.2 Å². The van der Waals surface area contributed by atoms with Gasteiger partial charge in [0.2, 0.25) is 0 Å². The standard InChI is InChI=1S/C18H17NO6S/c1-23-13-8-12(9-14(10-13)24-2)5-6-17(21)25-11-16(20)19-18(22)15-4-3-7-26-15/h3-10H,11H2,1-2H3,(H,19,20,22)/b6-5+. The smallest absolute Gasteiger partial charge is 0.331 e. The Morgan fingerprint density at radius 2 is 1.81 bits per heavy atom. The molecule has 0 radical (unpaired) electrons. The summed E-state index contributed by atoms with van der Waals surface area (Å²) in [6.07, 6.45) is 2.67. The van der Waals surface area contributed by atoms with Crippen molar-refractivity contribution in [2.45, 2.75) is 0 Å². The van der Waals surface area contributed by atoms with E-state index in [1.54, 1.807) is 35.7 Å². The molecule has 0 atom stereocenters. The van der Waals surface area contributed by atoms with Gasteiger partial charge < -0.3 is 14.2 Å². The third-order valence-corrected chi connectivity index (χ3v) is 4.00. The Hall–Kier alpha value is -3.13. The number of hydrogen-bond acceptors (Lipinski definition) is 7. The van der Waals surface area contributed by atoms with Crippen molar-refractivity contribution in [1.29, 1.82) is 0 Å². The summed E-state index contributed by atoms with van der Waals surface area (Å²) in [5.74, 6) is -0.800. The number of carbonyl (C=O) groups is 3. The van der Waals surface area contributed by atoms with E-state index in [0.717, 1.165) is 0 Å². The fraction of sp³-hybridized carbons (Fsp3) is 0.167. The van der Waals surface area contributed by atoms with E-state index in [9.17, 15) is 14.4 Å². The van der Waals surface area contributed by atoms with E-state index in [1.807, 2.05) is 0 Å². The van der Waals surface area contributed by atoms with Gasteiger partial charge in [-0.15, -0.1) is 11.3 Å². The van der Waals surface area contributed by atoms with Crippen molar-refractivity contribution in [3.63, 3.8) is 0 Å². The molecule has 0 unspecified atom stereocenters. The van der Waals surface area contributed by atoms with Gasteiger partial charge in [-0.2, -0.15) is 0 Å². The number of esters is 1. The highest BCUT2D eigenvalue weighted by atomic mass is 32.1. The summed E-state index contributed by atoms with van der Waals surface area (Å²) in [7, 11) is 3.04. The van der Waals surface area contributed by atoms with Gasteiger partial charge in [0.15, 0.2) is 6.61 Å². The van der Waals surface area contributed by atoms with Crippen molar-refractivity contribution in [1.82, 2.24) is 5.32 Å². The molecule has 1 N–H and O–H groups in total. The molecule has 1 aromatic heterocycles. The van der Waals surface area contributed by atoms with Crippen LogP contribution in [0.4, 0.5) is 0 Å². The average molecular weight is 375 g/mol. The van der Waals surface area contributed by atoms with E-state index in [4.69, 9.17) is 14.2 Å². The van der Waals surface area contributed by atoms with Crippen LogP contribution in [-0.4, -0.2) is 38.6 Å². The van der Waals surface area contributed by atoms with Crippen molar-refractivity contribution in [2.24, 2.45) is 0 Å². The molecule has 26 heavy (non-hydrogen) atoms. The summed E-state index contributed by atoms with van der Waals surface area (Å²) in [5, 5.41) is 3.86. The fourth-order valence-corrected chi connectivity index (χ4v) is 2.53. The first-order chi connectivity index (χ1) is 12.5. The fourth-order valence-electron chi connectivity index (χ4n) is 1.91. The molecule has 2 amide bonds. The van der Waals surface area contributed by atoms with Crippen LogP contribution in [0.3, 0.4) is 0 Å². The lowest BCUT2D eigenvalue weighted by molar-refractivity contribution is -0.143. The van der Waals surface area contributed by atoms with Gasteiger partial charge in [-0.1, -0.05) is 6.07 Å². The Bertz CT molecular complexity index is 791. The summed E-state index contributed by atoms with van der Waals surface area (Å²) < 4.78 is 15.1. The number of amides is 2. The highest BCUT2D eigenvalue weighted by Gasteiger charge is 2.12. The number of carbonyl (C=O) groups excluding carboxylic acids is 3. The van der Waals surface area contributed by atoms with Crippen molar-refractivity contribution < 1.29 is 28.6 Å². The molecule has 2 rings (SSSR count). The number of ether oxygens (including phenoxy) is 3. The number of nitrogens with one attached hydrogen (secondary N) is 1. The number of benzene rings is 1. The maximum atomic E-state index is 11.7. The van der Waals surface area contributed by atoms with Crippen LogP contribution in [0.25, 0.3) is 6.08 Å². The molecule has 0 fully saturated rings. The van der Waals surface area contributed by atoms with E-state index < -0.39 is 24.4 Å². The van der Waals surface area contributed by atoms with Crippen molar-refractivity contribution in [3.8, 4) is 11.5 Å². The van der Waals surface area contributed by atoms with Crippen LogP contribution >= 0.6 is 11.3 Å². The summed E-state index contributed by atoms with van der Waals surface area (Å²) in [4.78, 5) is 35.4. The normalized spacial score (nSPS) is 10.4. The molecule has 0 aliphatic carbocycles. The van der Waals surface area contributed by atoms with E-state index in [-0.39, 0.29) is 0 Å². The molecule has 1 aromatic carbocycles. The van der Waals surface area contributed by atoms with Crippen LogP contribution in [0.5, 0.6) is 11.5 Å². The van der Waals surface area contributed by atoms with Gasteiger partial charge in [-0.25, -0.2) is 4.79 Å². The third kappa shape index (κ3) is 5.75. The zero-order valence-electron chi connectivity index (χ0n) is 14.2. The second kappa shape index (κ2) is 9.38. The van der Waals surface area contributed by atoms with Gasteiger partial charge in [0, 0.05) is 12.1 Å².